The summed E-state index contributed by atoms with van der Waals surface area (Å²) in [6.45, 7) is 1.52. The Labute approximate surface area is 75.0 Å². The minimum atomic E-state index is -0.660. The lowest BCUT2D eigenvalue weighted by Gasteiger charge is -2.07. The highest BCUT2D eigenvalue weighted by atomic mass is 19.1. The Morgan fingerprint density at radius 2 is 2.46 bits per heavy atom. The van der Waals surface area contributed by atoms with Gasteiger partial charge < -0.3 is 11.1 Å². The second-order valence-corrected chi connectivity index (χ2v) is 2.63. The lowest BCUT2D eigenvalue weighted by Crippen LogP contribution is -2.32. The summed E-state index contributed by atoms with van der Waals surface area (Å²) in [5.74, 6) is -0.999. The molecule has 1 atom stereocenters. The van der Waals surface area contributed by atoms with Crippen LogP contribution in [0.3, 0.4) is 0 Å². The molecule has 1 aromatic rings. The molecule has 0 saturated carbocycles. The molecule has 1 rings (SSSR count). The van der Waals surface area contributed by atoms with Crippen LogP contribution in [0.5, 0.6) is 0 Å². The van der Waals surface area contributed by atoms with Crippen LogP contribution >= 0.6 is 0 Å². The average Bonchev–Trinajstić information content (AvgIpc) is 2.08. The Morgan fingerprint density at radius 1 is 1.77 bits per heavy atom. The van der Waals surface area contributed by atoms with Crippen LogP contribution in [-0.4, -0.2) is 16.9 Å². The van der Waals surface area contributed by atoms with Gasteiger partial charge in [0.2, 0.25) is 5.91 Å². The first kappa shape index (κ1) is 9.60. The van der Waals surface area contributed by atoms with Crippen molar-refractivity contribution in [1.82, 2.24) is 4.98 Å². The molecule has 13 heavy (non-hydrogen) atoms. The van der Waals surface area contributed by atoms with Crippen molar-refractivity contribution in [2.45, 2.75) is 13.0 Å². The van der Waals surface area contributed by atoms with E-state index in [0.29, 0.717) is 0 Å². The topological polar surface area (TPSA) is 68.0 Å². The van der Waals surface area contributed by atoms with Crippen molar-refractivity contribution in [3.63, 3.8) is 0 Å². The van der Waals surface area contributed by atoms with Gasteiger partial charge in [0.05, 0.1) is 17.9 Å². The zero-order chi connectivity index (χ0) is 9.84. The van der Waals surface area contributed by atoms with Gasteiger partial charge in [0.1, 0.15) is 0 Å². The van der Waals surface area contributed by atoms with Crippen LogP contribution in [0.4, 0.5) is 10.1 Å². The molecule has 0 aliphatic heterocycles. The fourth-order valence-electron chi connectivity index (χ4n) is 0.723. The highest BCUT2D eigenvalue weighted by molar-refractivity contribution is 5.94. The molecule has 4 nitrogen and oxygen atoms in total. The van der Waals surface area contributed by atoms with Gasteiger partial charge in [0.15, 0.2) is 5.82 Å². The number of aromatic nitrogens is 1. The molecule has 0 unspecified atom stereocenters. The van der Waals surface area contributed by atoms with Gasteiger partial charge >= 0.3 is 0 Å². The van der Waals surface area contributed by atoms with E-state index in [0.717, 1.165) is 6.20 Å². The monoisotopic (exact) mass is 183 g/mol. The van der Waals surface area contributed by atoms with E-state index in [4.69, 9.17) is 5.73 Å². The first-order chi connectivity index (χ1) is 6.11. The van der Waals surface area contributed by atoms with Gasteiger partial charge in [-0.3, -0.25) is 9.78 Å². The molecule has 3 N–H and O–H groups in total. The van der Waals surface area contributed by atoms with Crippen LogP contribution in [0.1, 0.15) is 6.92 Å². The van der Waals surface area contributed by atoms with Crippen LogP contribution in [0.25, 0.3) is 0 Å². The number of carbonyl (C=O) groups is 1. The minimum absolute atomic E-state index is 0.0947. The van der Waals surface area contributed by atoms with Gasteiger partial charge in [-0.2, -0.15) is 0 Å². The summed E-state index contributed by atoms with van der Waals surface area (Å²) in [5.41, 5.74) is 5.38. The number of nitrogens with one attached hydrogen (secondary N) is 1. The molecule has 1 heterocycles. The second kappa shape index (κ2) is 3.95. The van der Waals surface area contributed by atoms with Crippen LogP contribution in [0.2, 0.25) is 0 Å². The van der Waals surface area contributed by atoms with Crippen LogP contribution in [-0.2, 0) is 4.79 Å². The number of halogens is 1. The molecule has 0 aliphatic carbocycles. The standard InChI is InChI=1S/C8H10FN3O/c1-5(10)8(13)12-7-2-3-11-4-6(7)9/h2-5H,10H2,1H3,(H,11,12,13)/t5-/m0/s1. The zero-order valence-electron chi connectivity index (χ0n) is 7.12. The Bertz CT molecular complexity index is 314. The van der Waals surface area contributed by atoms with Gasteiger partial charge in [-0.05, 0) is 13.0 Å². The van der Waals surface area contributed by atoms with Crippen LogP contribution < -0.4 is 11.1 Å². The molecule has 1 amide bonds. The van der Waals surface area contributed by atoms with Gasteiger partial charge in [-0.15, -0.1) is 0 Å². The number of carbonyl (C=O) groups excluding carboxylic acids is 1. The van der Waals surface area contributed by atoms with Crippen molar-refractivity contribution in [3.05, 3.63) is 24.3 Å². The normalized spacial score (nSPS) is 12.2. The van der Waals surface area contributed by atoms with Crippen LogP contribution in [0.15, 0.2) is 18.5 Å². The van der Waals surface area contributed by atoms with Crippen molar-refractivity contribution in [1.29, 1.82) is 0 Å². The molecule has 0 aromatic carbocycles. The Morgan fingerprint density at radius 3 is 3.00 bits per heavy atom. The van der Waals surface area contributed by atoms with Crippen molar-refractivity contribution in [3.8, 4) is 0 Å². The number of rotatable bonds is 2. The molecular weight excluding hydrogens is 173 g/mol. The number of hydrogen-bond donors (Lipinski definition) is 2. The third kappa shape index (κ3) is 2.48. The van der Waals surface area contributed by atoms with E-state index in [1.165, 1.54) is 19.2 Å². The summed E-state index contributed by atoms with van der Waals surface area (Å²) in [6.07, 6.45) is 2.41. The lowest BCUT2D eigenvalue weighted by molar-refractivity contribution is -0.117. The van der Waals surface area contributed by atoms with E-state index in [2.05, 4.69) is 10.3 Å². The third-order valence-corrected chi connectivity index (χ3v) is 1.44. The minimum Gasteiger partial charge on any atom is -0.322 e. The van der Waals surface area contributed by atoms with Crippen molar-refractivity contribution in [2.24, 2.45) is 5.73 Å². The maximum Gasteiger partial charge on any atom is 0.241 e. The summed E-state index contributed by atoms with van der Waals surface area (Å²) in [4.78, 5) is 14.6. The Balaban J connectivity index is 2.75. The quantitative estimate of drug-likeness (QED) is 0.701. The molecule has 0 aliphatic rings. The molecule has 70 valence electrons. The summed E-state index contributed by atoms with van der Waals surface area (Å²) in [7, 11) is 0. The van der Waals surface area contributed by atoms with Crippen molar-refractivity contribution in [2.75, 3.05) is 5.32 Å². The summed E-state index contributed by atoms with van der Waals surface area (Å²) < 4.78 is 12.9. The highest BCUT2D eigenvalue weighted by Gasteiger charge is 2.09. The van der Waals surface area contributed by atoms with E-state index < -0.39 is 17.8 Å². The van der Waals surface area contributed by atoms with E-state index in [1.54, 1.807) is 0 Å². The number of nitrogens with zero attached hydrogens (tertiary/aromatic N) is 1. The van der Waals surface area contributed by atoms with Gasteiger partial charge in [-0.1, -0.05) is 0 Å². The Kier molecular flexibility index (Phi) is 2.92. The number of hydrogen-bond acceptors (Lipinski definition) is 3. The van der Waals surface area contributed by atoms with E-state index in [9.17, 15) is 9.18 Å². The summed E-state index contributed by atoms with van der Waals surface area (Å²) >= 11 is 0. The van der Waals surface area contributed by atoms with Gasteiger partial charge in [-0.25, -0.2) is 4.39 Å². The number of amides is 1. The largest absolute Gasteiger partial charge is 0.322 e. The summed E-state index contributed by atoms with van der Waals surface area (Å²) in [6, 6.07) is 0.711. The predicted octanol–water partition coefficient (Wildman–Crippen LogP) is 0.506. The second-order valence-electron chi connectivity index (χ2n) is 2.63. The number of anilines is 1. The molecule has 0 radical (unpaired) electrons. The first-order valence-electron chi connectivity index (χ1n) is 3.77. The third-order valence-electron chi connectivity index (χ3n) is 1.44. The Hall–Kier alpha value is -1.49. The maximum atomic E-state index is 12.9. The molecule has 5 heteroatoms. The highest BCUT2D eigenvalue weighted by Crippen LogP contribution is 2.10. The SMILES string of the molecule is C[C@H](N)C(=O)Nc1ccncc1F. The fraction of sp³-hybridized carbons (Fsp3) is 0.250. The lowest BCUT2D eigenvalue weighted by atomic mass is 10.3. The van der Waals surface area contributed by atoms with Gasteiger partial charge in [0.25, 0.3) is 0 Å². The van der Waals surface area contributed by atoms with Crippen molar-refractivity contribution >= 4 is 11.6 Å². The molecular formula is C8H10FN3O. The van der Waals surface area contributed by atoms with E-state index >= 15 is 0 Å². The van der Waals surface area contributed by atoms with Gasteiger partial charge in [0, 0.05) is 6.20 Å². The molecule has 0 fully saturated rings. The predicted molar refractivity (Wildman–Crippen MR) is 46.5 cm³/mol. The fourth-order valence-corrected chi connectivity index (χ4v) is 0.723. The first-order valence-corrected chi connectivity index (χ1v) is 3.77. The number of nitrogens with two attached hydrogens (primary N) is 1. The van der Waals surface area contributed by atoms with Crippen LogP contribution in [0, 0.1) is 5.82 Å². The number of pyridine rings is 1. The zero-order valence-corrected chi connectivity index (χ0v) is 7.12. The maximum absolute atomic E-state index is 12.9. The average molecular weight is 183 g/mol. The smallest absolute Gasteiger partial charge is 0.241 e. The molecule has 0 spiro atoms. The molecule has 1 aromatic heterocycles. The van der Waals surface area contributed by atoms with Crippen molar-refractivity contribution < 1.29 is 9.18 Å². The summed E-state index contributed by atoms with van der Waals surface area (Å²) in [5, 5.41) is 2.33. The molecule has 0 bridgehead atoms. The van der Waals surface area contributed by atoms with E-state index in [1.807, 2.05) is 0 Å². The molecule has 0 saturated heterocycles. The van der Waals surface area contributed by atoms with E-state index in [-0.39, 0.29) is 5.69 Å².